The number of nitrogens with one attached hydrogen (secondary N) is 1. The summed E-state index contributed by atoms with van der Waals surface area (Å²) < 4.78 is 45.1. The molecule has 1 N–H and O–H groups in total. The van der Waals surface area contributed by atoms with E-state index in [2.05, 4.69) is 44.0 Å². The van der Waals surface area contributed by atoms with Gasteiger partial charge in [0.25, 0.3) is 0 Å². The molecule has 0 saturated carbocycles. The molecule has 3 heterocycles. The van der Waals surface area contributed by atoms with Crippen LogP contribution in [0.15, 0.2) is 41.7 Å². The monoisotopic (exact) mass is 471 g/mol. The van der Waals surface area contributed by atoms with E-state index in [1.54, 1.807) is 0 Å². The van der Waals surface area contributed by atoms with Crippen LogP contribution in [0.25, 0.3) is 11.0 Å². The number of H-pyrrole nitrogens is 1. The van der Waals surface area contributed by atoms with E-state index in [1.807, 2.05) is 18.3 Å². The van der Waals surface area contributed by atoms with Gasteiger partial charge in [0.1, 0.15) is 17.7 Å². The first-order valence-corrected chi connectivity index (χ1v) is 11.7. The fourth-order valence-electron chi connectivity index (χ4n) is 5.26. The van der Waals surface area contributed by atoms with Crippen molar-refractivity contribution in [2.45, 2.75) is 43.8 Å². The zero-order valence-corrected chi connectivity index (χ0v) is 19.1. The van der Waals surface area contributed by atoms with Crippen molar-refractivity contribution in [3.63, 3.8) is 0 Å². The number of hydrogen-bond donors (Lipinski definition) is 1. The Morgan fingerprint density at radius 2 is 1.97 bits per heavy atom. The largest absolute Gasteiger partial charge is 0.431 e. The molecule has 1 saturated heterocycles. The number of ether oxygens (including phenoxy) is 1. The van der Waals surface area contributed by atoms with E-state index in [0.717, 1.165) is 51.5 Å². The predicted molar refractivity (Wildman–Crippen MR) is 125 cm³/mol. The summed E-state index contributed by atoms with van der Waals surface area (Å²) >= 11 is 0. The number of aromatic amines is 1. The molecule has 180 valence electrons. The highest BCUT2D eigenvalue weighted by molar-refractivity contribution is 5.88. The van der Waals surface area contributed by atoms with Crippen LogP contribution in [0.5, 0.6) is 0 Å². The number of halogens is 3. The lowest BCUT2D eigenvalue weighted by atomic mass is 9.79. The summed E-state index contributed by atoms with van der Waals surface area (Å²) in [7, 11) is 2.17. The quantitative estimate of drug-likeness (QED) is 0.524. The summed E-state index contributed by atoms with van der Waals surface area (Å²) in [4.78, 5) is 17.5. The summed E-state index contributed by atoms with van der Waals surface area (Å²) in [6.07, 6.45) is 2.76. The van der Waals surface area contributed by atoms with Gasteiger partial charge in [0.15, 0.2) is 5.82 Å². The summed E-state index contributed by atoms with van der Waals surface area (Å²) in [6.45, 7) is 2.62. The highest BCUT2D eigenvalue weighted by atomic mass is 19.4. The number of fused-ring (bicyclic) bond motifs is 2. The van der Waals surface area contributed by atoms with Crippen molar-refractivity contribution in [3.05, 3.63) is 53.5 Å². The Hall–Kier alpha value is -2.78. The van der Waals surface area contributed by atoms with Crippen LogP contribution in [0.2, 0.25) is 0 Å². The summed E-state index contributed by atoms with van der Waals surface area (Å²) in [5.74, 6) is 0.863. The van der Waals surface area contributed by atoms with E-state index in [-0.39, 0.29) is 28.8 Å². The Balaban J connectivity index is 1.46. The van der Waals surface area contributed by atoms with Crippen LogP contribution < -0.4 is 0 Å². The number of aromatic nitrogens is 3. The van der Waals surface area contributed by atoms with Gasteiger partial charge in [-0.25, -0.2) is 15.0 Å². The van der Waals surface area contributed by atoms with Crippen molar-refractivity contribution in [3.8, 4) is 0 Å². The van der Waals surface area contributed by atoms with E-state index in [0.29, 0.717) is 5.92 Å². The van der Waals surface area contributed by atoms with Gasteiger partial charge < -0.3 is 14.6 Å². The minimum atomic E-state index is -4.48. The van der Waals surface area contributed by atoms with E-state index in [1.165, 1.54) is 17.5 Å². The minimum absolute atomic E-state index is 0.0147. The summed E-state index contributed by atoms with van der Waals surface area (Å²) in [6, 6.07) is 9.64. The molecule has 5 rings (SSSR count). The first kappa shape index (κ1) is 23.0. The van der Waals surface area contributed by atoms with E-state index >= 15 is 0 Å². The van der Waals surface area contributed by atoms with E-state index in [9.17, 15) is 13.2 Å². The lowest BCUT2D eigenvalue weighted by molar-refractivity contribution is -0.140. The molecule has 9 heteroatoms. The number of nitrogens with zero attached hydrogens (tertiary/aromatic N) is 4. The van der Waals surface area contributed by atoms with Gasteiger partial charge in [-0.15, -0.1) is 0 Å². The highest BCUT2D eigenvalue weighted by Crippen LogP contribution is 2.36. The molecule has 0 bridgehead atoms. The molecule has 1 aliphatic heterocycles. The van der Waals surface area contributed by atoms with Crippen LogP contribution in [0.1, 0.15) is 42.0 Å². The van der Waals surface area contributed by atoms with Crippen LogP contribution in [0.3, 0.4) is 0 Å². The number of alkyl halides is 3. The molecule has 6 nitrogen and oxygen atoms in total. The lowest BCUT2D eigenvalue weighted by Crippen LogP contribution is -2.43. The maximum absolute atomic E-state index is 13.2. The molecule has 0 radical (unpaired) electrons. The number of benzene rings is 1. The normalized spacial score (nSPS) is 22.0. The van der Waals surface area contributed by atoms with Crippen LogP contribution >= 0.6 is 0 Å². The van der Waals surface area contributed by atoms with Crippen molar-refractivity contribution in [1.82, 2.24) is 19.9 Å². The summed E-state index contributed by atoms with van der Waals surface area (Å²) in [5.41, 5.74) is 1.79. The Morgan fingerprint density at radius 3 is 2.76 bits per heavy atom. The molecular weight excluding hydrogens is 443 g/mol. The zero-order chi connectivity index (χ0) is 23.7. The molecule has 0 amide bonds. The molecule has 1 aliphatic carbocycles. The standard InChI is InChI=1S/C25H28F3N5O/c1-33(14-16-8-10-34-11-9-16)21-7-6-17-4-2-3-5-18(17)20(21)13-29-23-19-12-22(25(26,27)28)32-24(19)31-15-30-23/h2-5,12-13,15-16,20-21H,6-11,14H2,1H3,(H,30,31,32)/b29-13+/t20?,21-/m0/s1. The van der Waals surface area contributed by atoms with Gasteiger partial charge in [0.05, 0.1) is 5.39 Å². The smallest absolute Gasteiger partial charge is 0.381 e. The van der Waals surface area contributed by atoms with Crippen molar-refractivity contribution in [2.75, 3.05) is 26.8 Å². The third kappa shape index (κ3) is 4.72. The Labute approximate surface area is 196 Å². The van der Waals surface area contributed by atoms with E-state index < -0.39 is 11.9 Å². The molecular formula is C25H28F3N5O. The van der Waals surface area contributed by atoms with Gasteiger partial charge in [0.2, 0.25) is 0 Å². The van der Waals surface area contributed by atoms with Crippen molar-refractivity contribution >= 4 is 23.1 Å². The second-order valence-electron chi connectivity index (χ2n) is 9.24. The first-order chi connectivity index (χ1) is 16.4. The molecule has 2 aliphatic rings. The van der Waals surface area contributed by atoms with Crippen molar-refractivity contribution in [1.29, 1.82) is 0 Å². The van der Waals surface area contributed by atoms with Crippen LogP contribution in [-0.2, 0) is 17.3 Å². The Morgan fingerprint density at radius 1 is 1.18 bits per heavy atom. The molecule has 2 atom stereocenters. The third-order valence-corrected chi connectivity index (χ3v) is 7.06. The average Bonchev–Trinajstić information content (AvgIpc) is 3.29. The Kier molecular flexibility index (Phi) is 6.40. The first-order valence-electron chi connectivity index (χ1n) is 11.7. The maximum atomic E-state index is 13.2. The lowest BCUT2D eigenvalue weighted by Gasteiger charge is -2.39. The SMILES string of the molecule is CN(CC1CCOCC1)[C@H]1CCc2ccccc2C1/C=N/c1ncnc2[nH]c(C(F)(F)F)cc12. The molecule has 34 heavy (non-hydrogen) atoms. The third-order valence-electron chi connectivity index (χ3n) is 7.06. The summed E-state index contributed by atoms with van der Waals surface area (Å²) in [5, 5.41) is 0.266. The number of hydrogen-bond acceptors (Lipinski definition) is 5. The van der Waals surface area contributed by atoms with Crippen LogP contribution in [0.4, 0.5) is 19.0 Å². The number of aliphatic imine (C=N–C) groups is 1. The van der Waals surface area contributed by atoms with Crippen molar-refractivity contribution < 1.29 is 17.9 Å². The van der Waals surface area contributed by atoms with Gasteiger partial charge in [-0.2, -0.15) is 13.2 Å². The van der Waals surface area contributed by atoms with Crippen molar-refractivity contribution in [2.24, 2.45) is 10.9 Å². The Bertz CT molecular complexity index is 1170. The fraction of sp³-hybridized carbons (Fsp3) is 0.480. The molecule has 0 spiro atoms. The number of aryl methyl sites for hydroxylation is 1. The average molecular weight is 472 g/mol. The topological polar surface area (TPSA) is 66.4 Å². The fourth-order valence-corrected chi connectivity index (χ4v) is 5.26. The highest BCUT2D eigenvalue weighted by Gasteiger charge is 2.34. The number of rotatable bonds is 5. The van der Waals surface area contributed by atoms with E-state index in [4.69, 9.17) is 4.74 Å². The predicted octanol–water partition coefficient (Wildman–Crippen LogP) is 5.14. The molecule has 2 aromatic heterocycles. The van der Waals surface area contributed by atoms with Gasteiger partial charge in [-0.3, -0.25) is 0 Å². The van der Waals surface area contributed by atoms with Gasteiger partial charge >= 0.3 is 6.18 Å². The van der Waals surface area contributed by atoms with Gasteiger partial charge in [-0.1, -0.05) is 24.3 Å². The van der Waals surface area contributed by atoms with Crippen LogP contribution in [-0.4, -0.2) is 58.9 Å². The van der Waals surface area contributed by atoms with Crippen LogP contribution in [0, 0.1) is 5.92 Å². The zero-order valence-electron chi connectivity index (χ0n) is 19.1. The maximum Gasteiger partial charge on any atom is 0.431 e. The molecule has 1 fully saturated rings. The molecule has 1 aromatic carbocycles. The number of likely N-dealkylation sites (N-methyl/N-ethyl adjacent to an activating group) is 1. The minimum Gasteiger partial charge on any atom is -0.381 e. The molecule has 3 aromatic rings. The second kappa shape index (κ2) is 9.46. The van der Waals surface area contributed by atoms with Gasteiger partial charge in [0, 0.05) is 37.9 Å². The molecule has 1 unspecified atom stereocenters. The van der Waals surface area contributed by atoms with Gasteiger partial charge in [-0.05, 0) is 55.8 Å². The second-order valence-corrected chi connectivity index (χ2v) is 9.24.